The van der Waals surface area contributed by atoms with E-state index in [1.165, 1.54) is 0 Å². The van der Waals surface area contributed by atoms with Crippen molar-refractivity contribution in [1.29, 1.82) is 0 Å². The van der Waals surface area contributed by atoms with Gasteiger partial charge in [-0.05, 0) is 113 Å². The number of aliphatic hydroxyl groups is 2. The molecule has 0 heterocycles. The summed E-state index contributed by atoms with van der Waals surface area (Å²) in [5, 5.41) is 24.7. The molecule has 2 N–H and O–H groups in total. The van der Waals surface area contributed by atoms with Crippen molar-refractivity contribution in [2.24, 2.45) is 70.0 Å². The Morgan fingerprint density at radius 2 is 0.948 bits per heavy atom. The first-order chi connectivity index (χ1) is 27.2. The second-order valence-electron chi connectivity index (χ2n) is 19.8. The zero-order valence-corrected chi connectivity index (χ0v) is 38.1. The Kier molecular flexibility index (Phi) is 16.1. The Morgan fingerprint density at radius 3 is 1.22 bits per heavy atom. The minimum atomic E-state index is -1.37. The van der Waals surface area contributed by atoms with E-state index in [1.54, 1.807) is 40.6 Å². The summed E-state index contributed by atoms with van der Waals surface area (Å²) in [4.78, 5) is 30.7. The quantitative estimate of drug-likeness (QED) is 0.0820. The summed E-state index contributed by atoms with van der Waals surface area (Å²) < 4.78 is 35.5. The fourth-order valence-electron chi connectivity index (χ4n) is 12.8. The molecule has 4 rings (SSSR count). The van der Waals surface area contributed by atoms with E-state index in [4.69, 9.17) is 28.4 Å². The summed E-state index contributed by atoms with van der Waals surface area (Å²) in [6.45, 7) is 25.1. The van der Waals surface area contributed by atoms with Gasteiger partial charge in [-0.1, -0.05) is 65.8 Å². The van der Waals surface area contributed by atoms with Crippen molar-refractivity contribution in [2.75, 3.05) is 55.2 Å². The van der Waals surface area contributed by atoms with E-state index < -0.39 is 45.1 Å². The molecule has 0 aromatic carbocycles. The van der Waals surface area contributed by atoms with Crippen LogP contribution in [0.25, 0.3) is 0 Å². The van der Waals surface area contributed by atoms with Crippen molar-refractivity contribution < 1.29 is 48.2 Å². The first-order valence-electron chi connectivity index (χ1n) is 22.0. The maximum absolute atomic E-state index is 15.4. The first-order valence-corrected chi connectivity index (χ1v) is 22.0. The molecule has 0 bridgehead atoms. The molecular formula is C48H80O10. The highest BCUT2D eigenvalue weighted by Gasteiger charge is 2.67. The highest BCUT2D eigenvalue weighted by Crippen LogP contribution is 2.60. The third-order valence-electron chi connectivity index (χ3n) is 16.3. The van der Waals surface area contributed by atoms with Crippen LogP contribution in [-0.2, 0) is 38.0 Å². The molecule has 4 saturated carbocycles. The van der Waals surface area contributed by atoms with Crippen molar-refractivity contribution in [3.63, 3.8) is 0 Å². The lowest BCUT2D eigenvalue weighted by atomic mass is 9.61. The van der Waals surface area contributed by atoms with Gasteiger partial charge in [0, 0.05) is 28.4 Å². The van der Waals surface area contributed by atoms with Gasteiger partial charge in [-0.3, -0.25) is 9.59 Å². The average molecular weight is 817 g/mol. The van der Waals surface area contributed by atoms with Crippen molar-refractivity contribution in [2.45, 2.75) is 129 Å². The standard InChI is InChI=1S/C48H80O10/c1-15-47(51)37(31(3)4)21-23-43(47,9)41(49)39-35(19-25-45(39,27-53-11)57-29-55-13)33(7)17-18-34(8)36-20-26-46(28-54-12,58-30-56-14)40(36)42(50)44(10)24-22-38(32(5)6)48(44,52)16-2/h15-18,31-40,51-52H,1-2,19-30H2,3-14H3/b18-17+/t33-,34-,35-,36-,37-,38-,39+,40+,43+,44+,45-,46-,47-,48-/m0/s1. The summed E-state index contributed by atoms with van der Waals surface area (Å²) in [7, 11) is 6.42. The molecule has 0 aromatic heterocycles. The van der Waals surface area contributed by atoms with Crippen LogP contribution >= 0.6 is 0 Å². The molecule has 0 spiro atoms. The molecule has 10 nitrogen and oxygen atoms in total. The molecule has 0 radical (unpaired) electrons. The maximum atomic E-state index is 15.4. The van der Waals surface area contributed by atoms with Crippen LogP contribution in [0.3, 0.4) is 0 Å². The van der Waals surface area contributed by atoms with E-state index in [0.29, 0.717) is 25.7 Å². The van der Waals surface area contributed by atoms with Crippen LogP contribution in [0.15, 0.2) is 37.5 Å². The number of ether oxygens (including phenoxy) is 6. The van der Waals surface area contributed by atoms with Crippen LogP contribution in [-0.4, -0.2) is 99.4 Å². The number of methoxy groups -OCH3 is 4. The highest BCUT2D eigenvalue weighted by molar-refractivity contribution is 5.91. The summed E-state index contributed by atoms with van der Waals surface area (Å²) in [5.41, 5.74) is -6.74. The van der Waals surface area contributed by atoms with E-state index in [-0.39, 0.29) is 85.7 Å². The Hall–Kier alpha value is -1.76. The second kappa shape index (κ2) is 19.1. The minimum Gasteiger partial charge on any atom is -0.384 e. The lowest BCUT2D eigenvalue weighted by Gasteiger charge is -2.46. The summed E-state index contributed by atoms with van der Waals surface area (Å²) >= 11 is 0. The zero-order valence-electron chi connectivity index (χ0n) is 38.1. The fourth-order valence-corrected chi connectivity index (χ4v) is 12.8. The number of allylic oxidation sites excluding steroid dienone is 2. The molecule has 332 valence electrons. The average Bonchev–Trinajstić information content (AvgIpc) is 3.91. The monoisotopic (exact) mass is 817 g/mol. The third-order valence-corrected chi connectivity index (χ3v) is 16.3. The van der Waals surface area contributed by atoms with Gasteiger partial charge in [0.15, 0.2) is 0 Å². The molecule has 0 saturated heterocycles. The number of carbonyl (C=O) groups is 2. The van der Waals surface area contributed by atoms with E-state index in [1.807, 2.05) is 13.8 Å². The molecule has 0 aromatic rings. The van der Waals surface area contributed by atoms with Gasteiger partial charge in [0.1, 0.15) is 36.4 Å². The van der Waals surface area contributed by atoms with Crippen molar-refractivity contribution in [1.82, 2.24) is 0 Å². The molecular weight excluding hydrogens is 737 g/mol. The lowest BCUT2D eigenvalue weighted by Crippen LogP contribution is -2.58. The van der Waals surface area contributed by atoms with Crippen LogP contribution < -0.4 is 0 Å². The van der Waals surface area contributed by atoms with Gasteiger partial charge in [0.05, 0.1) is 47.1 Å². The number of Topliss-reactive ketones (excluding diaryl/α,β-unsaturated/α-hetero) is 2. The molecule has 14 atom stereocenters. The maximum Gasteiger partial charge on any atom is 0.148 e. The second-order valence-corrected chi connectivity index (χ2v) is 19.8. The number of ketones is 2. The summed E-state index contributed by atoms with van der Waals surface area (Å²) in [5.74, 6) is -1.38. The van der Waals surface area contributed by atoms with Gasteiger partial charge >= 0.3 is 0 Å². The predicted octanol–water partition coefficient (Wildman–Crippen LogP) is 8.00. The van der Waals surface area contributed by atoms with Gasteiger partial charge in [-0.15, -0.1) is 13.2 Å². The van der Waals surface area contributed by atoms with E-state index in [0.717, 1.165) is 25.7 Å². The summed E-state index contributed by atoms with van der Waals surface area (Å²) in [6.07, 6.45) is 12.9. The first kappa shape index (κ1) is 48.9. The predicted molar refractivity (Wildman–Crippen MR) is 227 cm³/mol. The van der Waals surface area contributed by atoms with Gasteiger partial charge < -0.3 is 38.6 Å². The van der Waals surface area contributed by atoms with Crippen molar-refractivity contribution in [3.8, 4) is 0 Å². The Balaban J connectivity index is 1.74. The van der Waals surface area contributed by atoms with Gasteiger partial charge in [0.2, 0.25) is 0 Å². The lowest BCUT2D eigenvalue weighted by molar-refractivity contribution is -0.189. The van der Waals surface area contributed by atoms with E-state index in [2.05, 4.69) is 66.9 Å². The van der Waals surface area contributed by atoms with Crippen LogP contribution in [0.5, 0.6) is 0 Å². The number of rotatable bonds is 22. The minimum absolute atomic E-state index is 0.0117. The Bertz CT molecular complexity index is 1360. The smallest absolute Gasteiger partial charge is 0.148 e. The topological polar surface area (TPSA) is 130 Å². The molecule has 0 amide bonds. The van der Waals surface area contributed by atoms with Crippen molar-refractivity contribution in [3.05, 3.63) is 37.5 Å². The molecule has 0 unspecified atom stereocenters. The molecule has 0 aliphatic heterocycles. The van der Waals surface area contributed by atoms with Gasteiger partial charge in [-0.2, -0.15) is 0 Å². The molecule has 4 aliphatic rings. The van der Waals surface area contributed by atoms with Gasteiger partial charge in [-0.25, -0.2) is 0 Å². The zero-order chi connectivity index (χ0) is 43.5. The fraction of sp³-hybridized carbons (Fsp3) is 0.833. The largest absolute Gasteiger partial charge is 0.384 e. The van der Waals surface area contributed by atoms with Crippen LogP contribution in [0, 0.1) is 70.0 Å². The normalized spacial score (nSPS) is 41.5. The number of hydrogen-bond donors (Lipinski definition) is 2. The van der Waals surface area contributed by atoms with E-state index in [9.17, 15) is 10.2 Å². The molecule has 58 heavy (non-hydrogen) atoms. The van der Waals surface area contributed by atoms with Crippen molar-refractivity contribution >= 4 is 11.6 Å². The van der Waals surface area contributed by atoms with E-state index >= 15 is 9.59 Å². The molecule has 4 aliphatic carbocycles. The third kappa shape index (κ3) is 8.16. The Labute approximate surface area is 350 Å². The molecule has 4 fully saturated rings. The highest BCUT2D eigenvalue weighted by atomic mass is 16.7. The SMILES string of the molecule is C=C[C@]1(O)[C@H](C(C)C)CC[C@]1(C)C(=O)[C@H]1[C@H]([C@@H](C)/C=C/[C@H](C)[C@@H]2CC[C@@](COC)(OCOC)[C@H]2C(=O)[C@@]2(C)CC[C@@H](C(C)C)[C@@]2(O)C=C)CC[C@@]1(COC)OCOC. The molecule has 10 heteroatoms. The van der Waals surface area contributed by atoms with Crippen LogP contribution in [0.2, 0.25) is 0 Å². The van der Waals surface area contributed by atoms with Crippen LogP contribution in [0.4, 0.5) is 0 Å². The van der Waals surface area contributed by atoms with Crippen LogP contribution in [0.1, 0.15) is 107 Å². The summed E-state index contributed by atoms with van der Waals surface area (Å²) in [6, 6.07) is 0. The number of hydrogen-bond acceptors (Lipinski definition) is 10. The Morgan fingerprint density at radius 1 is 0.603 bits per heavy atom. The number of carbonyl (C=O) groups excluding carboxylic acids is 2. The van der Waals surface area contributed by atoms with Gasteiger partial charge in [0.25, 0.3) is 0 Å².